The summed E-state index contributed by atoms with van der Waals surface area (Å²) in [6, 6.07) is 7.60. The Morgan fingerprint density at radius 1 is 1.22 bits per heavy atom. The monoisotopic (exact) mass is 375 g/mol. The molecule has 2 aromatic heterocycles. The Bertz CT molecular complexity index is 934. The number of hydrogen-bond acceptors (Lipinski definition) is 8. The predicted octanol–water partition coefficient (Wildman–Crippen LogP) is 1.96. The molecule has 0 saturated heterocycles. The first-order valence-electron chi connectivity index (χ1n) is 8.11. The zero-order valence-corrected chi connectivity index (χ0v) is 14.0. The van der Waals surface area contributed by atoms with Crippen molar-refractivity contribution in [2.45, 2.75) is 18.4 Å². The number of alkyl halides is 2. The zero-order valence-electron chi connectivity index (χ0n) is 14.0. The quantitative estimate of drug-likeness (QED) is 0.721. The molecule has 10 heteroatoms. The van der Waals surface area contributed by atoms with Crippen molar-refractivity contribution in [3.63, 3.8) is 0 Å². The van der Waals surface area contributed by atoms with Gasteiger partial charge in [-0.1, -0.05) is 23.4 Å². The highest BCUT2D eigenvalue weighted by Gasteiger charge is 2.39. The summed E-state index contributed by atoms with van der Waals surface area (Å²) in [6.07, 6.45) is 0.420. The number of fused-ring (bicyclic) bond motifs is 1. The van der Waals surface area contributed by atoms with Crippen molar-refractivity contribution in [1.82, 2.24) is 20.1 Å². The maximum Gasteiger partial charge on any atom is 0.272 e. The van der Waals surface area contributed by atoms with Crippen molar-refractivity contribution < 1.29 is 22.8 Å². The lowest BCUT2D eigenvalue weighted by Crippen LogP contribution is -2.47. The first-order valence-corrected chi connectivity index (χ1v) is 8.11. The van der Waals surface area contributed by atoms with Crippen molar-refractivity contribution in [1.29, 1.82) is 0 Å². The molecule has 0 radical (unpaired) electrons. The number of rotatable bonds is 5. The van der Waals surface area contributed by atoms with E-state index in [1.54, 1.807) is 0 Å². The molecule has 1 atom stereocenters. The molecule has 1 aliphatic heterocycles. The van der Waals surface area contributed by atoms with E-state index < -0.39 is 18.6 Å². The summed E-state index contributed by atoms with van der Waals surface area (Å²) >= 11 is 0. The van der Waals surface area contributed by atoms with Crippen LogP contribution in [0.1, 0.15) is 11.5 Å². The smallest absolute Gasteiger partial charge is 0.272 e. The van der Waals surface area contributed by atoms with Gasteiger partial charge in [-0.25, -0.2) is 18.7 Å². The summed E-state index contributed by atoms with van der Waals surface area (Å²) in [5.41, 5.74) is 6.72. The van der Waals surface area contributed by atoms with E-state index in [4.69, 9.17) is 19.7 Å². The fourth-order valence-corrected chi connectivity index (χ4v) is 2.71. The summed E-state index contributed by atoms with van der Waals surface area (Å²) in [4.78, 5) is 12.3. The lowest BCUT2D eigenvalue weighted by atomic mass is 9.90. The van der Waals surface area contributed by atoms with Gasteiger partial charge in [-0.2, -0.15) is 4.98 Å². The second-order valence-electron chi connectivity index (χ2n) is 6.09. The van der Waals surface area contributed by atoms with Crippen LogP contribution in [-0.4, -0.2) is 39.7 Å². The van der Waals surface area contributed by atoms with Crippen LogP contribution in [0.25, 0.3) is 11.5 Å². The molecule has 1 aromatic carbocycles. The van der Waals surface area contributed by atoms with Crippen molar-refractivity contribution in [2.24, 2.45) is 5.73 Å². The van der Waals surface area contributed by atoms with Gasteiger partial charge in [0, 0.05) is 6.42 Å². The van der Waals surface area contributed by atoms with Crippen LogP contribution in [0.3, 0.4) is 0 Å². The van der Waals surface area contributed by atoms with Crippen LogP contribution < -0.4 is 15.2 Å². The number of para-hydroxylation sites is 1. The minimum atomic E-state index is -2.59. The van der Waals surface area contributed by atoms with Crippen LogP contribution in [0.15, 0.2) is 41.2 Å². The second-order valence-corrected chi connectivity index (χ2v) is 6.09. The van der Waals surface area contributed by atoms with Gasteiger partial charge in [-0.15, -0.1) is 0 Å². The maximum atomic E-state index is 12.1. The first-order chi connectivity index (χ1) is 13.0. The van der Waals surface area contributed by atoms with Crippen molar-refractivity contribution in [2.75, 3.05) is 13.2 Å². The minimum Gasteiger partial charge on any atom is -0.491 e. The molecule has 0 saturated carbocycles. The molecule has 1 aliphatic rings. The zero-order chi connectivity index (χ0) is 18.9. The van der Waals surface area contributed by atoms with Gasteiger partial charge in [0.05, 0.1) is 12.4 Å². The number of nitrogens with zero attached hydrogens (tertiary/aromatic N) is 4. The number of halogens is 2. The maximum absolute atomic E-state index is 12.1. The standard InChI is InChI=1S/C17H15F2N5O3/c18-13(19)8-25-14-7-21-11(6-22-14)15-23-16(27-24-15)17(20)5-10-3-1-2-4-12(10)26-9-17/h1-4,6-7,13H,5,8-9,20H2. The SMILES string of the molecule is NC1(c2nc(-c3cnc(OCC(F)F)cn3)no2)COc2ccccc2C1. The summed E-state index contributed by atoms with van der Waals surface area (Å²) < 4.78 is 40.1. The summed E-state index contributed by atoms with van der Waals surface area (Å²) in [6.45, 7) is -0.560. The molecule has 27 heavy (non-hydrogen) atoms. The highest BCUT2D eigenvalue weighted by Crippen LogP contribution is 2.33. The lowest BCUT2D eigenvalue weighted by molar-refractivity contribution is 0.0794. The molecule has 0 spiro atoms. The van der Waals surface area contributed by atoms with Crippen LogP contribution >= 0.6 is 0 Å². The van der Waals surface area contributed by atoms with Gasteiger partial charge in [-0.3, -0.25) is 0 Å². The number of benzene rings is 1. The van der Waals surface area contributed by atoms with Crippen LogP contribution in [0, 0.1) is 0 Å². The lowest BCUT2D eigenvalue weighted by Gasteiger charge is -2.31. The van der Waals surface area contributed by atoms with Gasteiger partial charge in [0.1, 0.15) is 23.6 Å². The van der Waals surface area contributed by atoms with Crippen LogP contribution in [0.4, 0.5) is 8.78 Å². The largest absolute Gasteiger partial charge is 0.491 e. The molecular formula is C17H15F2N5O3. The molecule has 3 aromatic rings. The second kappa shape index (κ2) is 6.88. The Labute approximate surface area is 152 Å². The molecule has 0 fully saturated rings. The Kier molecular flexibility index (Phi) is 4.40. The molecule has 2 N–H and O–H groups in total. The number of ether oxygens (including phenoxy) is 2. The number of hydrogen-bond donors (Lipinski definition) is 1. The molecule has 0 aliphatic carbocycles. The molecule has 140 valence electrons. The Morgan fingerprint density at radius 3 is 2.85 bits per heavy atom. The molecule has 8 nitrogen and oxygen atoms in total. The van der Waals surface area contributed by atoms with E-state index in [0.717, 1.165) is 11.3 Å². The van der Waals surface area contributed by atoms with Crippen LogP contribution in [0.5, 0.6) is 11.6 Å². The highest BCUT2D eigenvalue weighted by atomic mass is 19.3. The highest BCUT2D eigenvalue weighted by molar-refractivity contribution is 5.47. The Hall–Kier alpha value is -3.14. The normalized spacial score (nSPS) is 18.8. The summed E-state index contributed by atoms with van der Waals surface area (Å²) in [5, 5.41) is 3.88. The molecule has 3 heterocycles. The number of aromatic nitrogens is 4. The fourth-order valence-electron chi connectivity index (χ4n) is 2.71. The van der Waals surface area contributed by atoms with E-state index in [-0.39, 0.29) is 24.2 Å². The summed E-state index contributed by atoms with van der Waals surface area (Å²) in [5.74, 6) is 1.16. The van der Waals surface area contributed by atoms with Gasteiger partial charge < -0.3 is 19.7 Å². The van der Waals surface area contributed by atoms with E-state index in [2.05, 4.69) is 20.1 Å². The Balaban J connectivity index is 1.52. The molecule has 0 amide bonds. The van der Waals surface area contributed by atoms with Gasteiger partial charge in [0.2, 0.25) is 11.7 Å². The van der Waals surface area contributed by atoms with Gasteiger partial charge in [0.25, 0.3) is 12.3 Å². The third kappa shape index (κ3) is 3.56. The van der Waals surface area contributed by atoms with Crippen LogP contribution in [-0.2, 0) is 12.0 Å². The van der Waals surface area contributed by atoms with Crippen molar-refractivity contribution in [3.8, 4) is 23.1 Å². The third-order valence-electron chi connectivity index (χ3n) is 4.03. The first kappa shape index (κ1) is 17.3. The van der Waals surface area contributed by atoms with Crippen molar-refractivity contribution >= 4 is 0 Å². The van der Waals surface area contributed by atoms with E-state index >= 15 is 0 Å². The summed E-state index contributed by atoms with van der Waals surface area (Å²) in [7, 11) is 0. The molecule has 0 bridgehead atoms. The fraction of sp³-hybridized carbons (Fsp3) is 0.294. The molecular weight excluding hydrogens is 360 g/mol. The van der Waals surface area contributed by atoms with E-state index in [9.17, 15) is 8.78 Å². The average molecular weight is 375 g/mol. The molecule has 4 rings (SSSR count). The van der Waals surface area contributed by atoms with Gasteiger partial charge >= 0.3 is 0 Å². The van der Waals surface area contributed by atoms with Gasteiger partial charge in [0.15, 0.2) is 6.61 Å². The van der Waals surface area contributed by atoms with Crippen LogP contribution in [0.2, 0.25) is 0 Å². The topological polar surface area (TPSA) is 109 Å². The van der Waals surface area contributed by atoms with E-state index in [1.165, 1.54) is 12.4 Å². The van der Waals surface area contributed by atoms with Crippen molar-refractivity contribution in [3.05, 3.63) is 48.1 Å². The third-order valence-corrected chi connectivity index (χ3v) is 4.03. The average Bonchev–Trinajstić information content (AvgIpc) is 3.18. The van der Waals surface area contributed by atoms with Gasteiger partial charge in [-0.05, 0) is 11.6 Å². The molecule has 1 unspecified atom stereocenters. The van der Waals surface area contributed by atoms with E-state index in [1.807, 2.05) is 24.3 Å². The number of nitrogens with two attached hydrogens (primary N) is 1. The predicted molar refractivity (Wildman–Crippen MR) is 88.3 cm³/mol. The minimum absolute atomic E-state index is 0.0182. The van der Waals surface area contributed by atoms with E-state index in [0.29, 0.717) is 12.1 Å². The Morgan fingerprint density at radius 2 is 2.07 bits per heavy atom.